The van der Waals surface area contributed by atoms with Crippen molar-refractivity contribution in [2.24, 2.45) is 5.92 Å². The molecule has 1 unspecified atom stereocenters. The van der Waals surface area contributed by atoms with Gasteiger partial charge in [0.25, 0.3) is 0 Å². The predicted octanol–water partition coefficient (Wildman–Crippen LogP) is 6.04. The van der Waals surface area contributed by atoms with Gasteiger partial charge in [-0.3, -0.25) is 0 Å². The summed E-state index contributed by atoms with van der Waals surface area (Å²) in [6.07, 6.45) is 22.1. The smallest absolute Gasteiger partial charge is 0.151 e. The lowest BCUT2D eigenvalue weighted by Crippen LogP contribution is -2.50. The fourth-order valence-electron chi connectivity index (χ4n) is 6.09. The largest absolute Gasteiger partial charge is 0.360 e. The first-order chi connectivity index (χ1) is 14.7. The van der Waals surface area contributed by atoms with E-state index in [-0.39, 0.29) is 0 Å². The maximum absolute atomic E-state index is 6.18. The molecule has 6 heteroatoms. The topological polar surface area (TPSA) is 46.8 Å². The van der Waals surface area contributed by atoms with Crippen molar-refractivity contribution in [3.05, 3.63) is 5.82 Å². The van der Waals surface area contributed by atoms with Gasteiger partial charge in [-0.15, -0.1) is 5.10 Å². The van der Waals surface area contributed by atoms with E-state index in [9.17, 15) is 0 Å². The van der Waals surface area contributed by atoms with Crippen LogP contribution in [0.25, 0.3) is 0 Å². The Morgan fingerprint density at radius 3 is 2.00 bits per heavy atom. The second-order valence-corrected chi connectivity index (χ2v) is 10.5. The average molecular weight is 432 g/mol. The van der Waals surface area contributed by atoms with Crippen LogP contribution in [0, 0.1) is 5.92 Å². The van der Waals surface area contributed by atoms with Gasteiger partial charge in [-0.25, -0.2) is 4.68 Å². The molecule has 3 aliphatic carbocycles. The van der Waals surface area contributed by atoms with Crippen molar-refractivity contribution in [3.63, 3.8) is 0 Å². The molecule has 30 heavy (non-hydrogen) atoms. The van der Waals surface area contributed by atoms with Gasteiger partial charge in [-0.05, 0) is 55.4 Å². The molecule has 0 saturated heterocycles. The predicted molar refractivity (Wildman–Crippen MR) is 126 cm³/mol. The van der Waals surface area contributed by atoms with Gasteiger partial charge in [0.2, 0.25) is 0 Å². The van der Waals surface area contributed by atoms with Gasteiger partial charge in [-0.1, -0.05) is 76.9 Å². The van der Waals surface area contributed by atoms with Crippen molar-refractivity contribution in [1.82, 2.24) is 25.1 Å². The molecule has 1 aromatic heterocycles. The minimum atomic E-state index is 0.417. The summed E-state index contributed by atoms with van der Waals surface area (Å²) in [5, 5.41) is 12.8. The van der Waals surface area contributed by atoms with Crippen LogP contribution in [0.5, 0.6) is 0 Å². The van der Waals surface area contributed by atoms with Gasteiger partial charge in [0.05, 0.1) is 11.0 Å². The molecule has 0 N–H and O–H groups in total. The Balaban J connectivity index is 1.39. The maximum Gasteiger partial charge on any atom is 0.151 e. The number of hydrogen-bond acceptors (Lipinski definition) is 4. The molecule has 3 aliphatic rings. The lowest BCUT2D eigenvalue weighted by atomic mass is 9.87. The summed E-state index contributed by atoms with van der Waals surface area (Å²) in [5.41, 5.74) is 0. The van der Waals surface area contributed by atoms with Crippen LogP contribution in [0.4, 0.5) is 0 Å². The van der Waals surface area contributed by atoms with Gasteiger partial charge < -0.3 is 4.90 Å². The lowest BCUT2D eigenvalue weighted by Gasteiger charge is -2.45. The average Bonchev–Trinajstić information content (AvgIpc) is 3.28. The molecule has 0 spiro atoms. The summed E-state index contributed by atoms with van der Waals surface area (Å²) in [6.45, 7) is 2.34. The van der Waals surface area contributed by atoms with E-state index in [2.05, 4.69) is 32.0 Å². The molecular weight excluding hydrogens is 390 g/mol. The molecule has 4 rings (SSSR count). The van der Waals surface area contributed by atoms with E-state index in [4.69, 9.17) is 12.2 Å². The summed E-state index contributed by atoms with van der Waals surface area (Å²) in [5.74, 6) is 1.48. The first-order valence-electron chi connectivity index (χ1n) is 12.8. The number of thiocarbonyl (C=S) groups is 1. The number of nitrogens with zero attached hydrogens (tertiary/aromatic N) is 5. The van der Waals surface area contributed by atoms with Gasteiger partial charge >= 0.3 is 0 Å². The summed E-state index contributed by atoms with van der Waals surface area (Å²) in [4.78, 5) is 3.97. The highest BCUT2D eigenvalue weighted by Gasteiger charge is 2.32. The Morgan fingerprint density at radius 1 is 0.900 bits per heavy atom. The summed E-state index contributed by atoms with van der Waals surface area (Å²) < 4.78 is 2.13. The van der Waals surface area contributed by atoms with Crippen LogP contribution in [0.2, 0.25) is 0 Å². The first kappa shape index (κ1) is 22.2. The van der Waals surface area contributed by atoms with Crippen molar-refractivity contribution in [2.45, 2.75) is 134 Å². The molecule has 3 saturated carbocycles. The Morgan fingerprint density at radius 2 is 1.43 bits per heavy atom. The van der Waals surface area contributed by atoms with Crippen molar-refractivity contribution in [2.75, 3.05) is 0 Å². The SMILES string of the molecule is CC(CCc1nnnn1C1CCCCC1)C(=S)N(C1CCCCC1)C1CCCCC1. The second kappa shape index (κ2) is 11.0. The van der Waals surface area contributed by atoms with E-state index in [1.165, 1.54) is 101 Å². The summed E-state index contributed by atoms with van der Waals surface area (Å²) in [7, 11) is 0. The molecule has 0 radical (unpaired) electrons. The number of aromatic nitrogens is 4. The van der Waals surface area contributed by atoms with Gasteiger partial charge in [-0.2, -0.15) is 0 Å². The summed E-state index contributed by atoms with van der Waals surface area (Å²) >= 11 is 6.18. The second-order valence-electron chi connectivity index (χ2n) is 10.1. The molecule has 1 heterocycles. The van der Waals surface area contributed by atoms with E-state index in [0.29, 0.717) is 24.0 Å². The number of tetrazole rings is 1. The molecule has 0 aromatic carbocycles. The minimum absolute atomic E-state index is 0.417. The van der Waals surface area contributed by atoms with Crippen molar-refractivity contribution < 1.29 is 0 Å². The van der Waals surface area contributed by atoms with E-state index in [1.807, 2.05) is 0 Å². The standard InChI is InChI=1S/C24H41N5S/c1-19(17-18-23-25-26-27-29(23)22-15-9-4-10-16-22)24(30)28(20-11-5-2-6-12-20)21-13-7-3-8-14-21/h19-22H,2-18H2,1H3. The van der Waals surface area contributed by atoms with Crippen LogP contribution in [0.1, 0.15) is 122 Å². The number of aryl methyl sites for hydroxylation is 1. The molecule has 3 fully saturated rings. The third kappa shape index (κ3) is 5.41. The van der Waals surface area contributed by atoms with Crippen LogP contribution in [-0.4, -0.2) is 42.2 Å². The lowest BCUT2D eigenvalue weighted by molar-refractivity contribution is 0.154. The Kier molecular flexibility index (Phi) is 8.14. The fraction of sp³-hybridized carbons (Fsp3) is 0.917. The third-order valence-corrected chi connectivity index (χ3v) is 8.51. The van der Waals surface area contributed by atoms with E-state index in [0.717, 1.165) is 18.7 Å². The maximum atomic E-state index is 6.18. The molecule has 1 atom stereocenters. The fourth-order valence-corrected chi connectivity index (χ4v) is 6.50. The van der Waals surface area contributed by atoms with Crippen molar-refractivity contribution >= 4 is 17.2 Å². The quantitative estimate of drug-likeness (QED) is 0.492. The molecule has 5 nitrogen and oxygen atoms in total. The highest BCUT2D eigenvalue weighted by Crippen LogP contribution is 2.33. The van der Waals surface area contributed by atoms with E-state index < -0.39 is 0 Å². The Hall–Kier alpha value is -1.04. The van der Waals surface area contributed by atoms with Crippen molar-refractivity contribution in [1.29, 1.82) is 0 Å². The first-order valence-corrected chi connectivity index (χ1v) is 13.2. The molecule has 168 valence electrons. The van der Waals surface area contributed by atoms with Crippen molar-refractivity contribution in [3.8, 4) is 0 Å². The number of hydrogen-bond donors (Lipinski definition) is 0. The zero-order valence-corrected chi connectivity index (χ0v) is 19.8. The van der Waals surface area contributed by atoms with E-state index in [1.54, 1.807) is 0 Å². The molecule has 0 aliphatic heterocycles. The van der Waals surface area contributed by atoms with Crippen LogP contribution in [0.15, 0.2) is 0 Å². The molecule has 0 bridgehead atoms. The highest BCUT2D eigenvalue weighted by molar-refractivity contribution is 7.80. The van der Waals surface area contributed by atoms with E-state index >= 15 is 0 Å². The molecule has 0 amide bonds. The normalized spacial score (nSPS) is 23.4. The molecule has 1 aromatic rings. The zero-order valence-electron chi connectivity index (χ0n) is 19.0. The summed E-state index contributed by atoms with van der Waals surface area (Å²) in [6, 6.07) is 1.88. The van der Waals surface area contributed by atoms with Gasteiger partial charge in [0, 0.05) is 24.4 Å². The third-order valence-electron chi connectivity index (χ3n) is 7.89. The monoisotopic (exact) mass is 431 g/mol. The highest BCUT2D eigenvalue weighted by atomic mass is 32.1. The van der Waals surface area contributed by atoms with Gasteiger partial charge in [0.15, 0.2) is 5.82 Å². The minimum Gasteiger partial charge on any atom is -0.360 e. The van der Waals surface area contributed by atoms with Crippen LogP contribution in [0.3, 0.4) is 0 Å². The number of rotatable bonds is 7. The molecular formula is C24H41N5S. The van der Waals surface area contributed by atoms with Crippen LogP contribution < -0.4 is 0 Å². The Labute approximate surface area is 188 Å². The van der Waals surface area contributed by atoms with Crippen LogP contribution in [-0.2, 0) is 6.42 Å². The van der Waals surface area contributed by atoms with Gasteiger partial charge in [0.1, 0.15) is 0 Å². The Bertz CT molecular complexity index is 638. The zero-order chi connectivity index (χ0) is 20.8. The van der Waals surface area contributed by atoms with Crippen LogP contribution >= 0.6 is 12.2 Å².